The lowest BCUT2D eigenvalue weighted by Crippen LogP contribution is -2.36. The average molecular weight is 404 g/mol. The van der Waals surface area contributed by atoms with Crippen LogP contribution in [0, 0.1) is 0 Å². The Bertz CT molecular complexity index is 934. The first-order valence-electron chi connectivity index (χ1n) is 8.86. The van der Waals surface area contributed by atoms with Crippen molar-refractivity contribution >= 4 is 11.5 Å². The lowest BCUT2D eigenvalue weighted by atomic mass is 10.1. The number of hydrogen-bond donors (Lipinski definition) is 6. The smallest absolute Gasteiger partial charge is 0.351 e. The minimum absolute atomic E-state index is 0.125. The molecule has 0 saturated carbocycles. The van der Waals surface area contributed by atoms with Crippen LogP contribution in [0.2, 0.25) is 0 Å². The van der Waals surface area contributed by atoms with Crippen molar-refractivity contribution in [2.45, 2.75) is 31.1 Å². The summed E-state index contributed by atoms with van der Waals surface area (Å²) in [7, 11) is 0. The maximum atomic E-state index is 12.3. The van der Waals surface area contributed by atoms with Crippen LogP contribution in [0.25, 0.3) is 5.70 Å². The van der Waals surface area contributed by atoms with Crippen LogP contribution in [0.1, 0.15) is 17.4 Å². The first-order valence-corrected chi connectivity index (χ1v) is 8.86. The van der Waals surface area contributed by atoms with Gasteiger partial charge >= 0.3 is 5.69 Å². The number of nitrogens with zero attached hydrogens (tertiary/aromatic N) is 3. The monoisotopic (exact) mass is 404 g/mol. The first-order chi connectivity index (χ1) is 13.8. The molecule has 0 aliphatic carbocycles. The lowest BCUT2D eigenvalue weighted by Gasteiger charge is -2.19. The van der Waals surface area contributed by atoms with Gasteiger partial charge in [0.2, 0.25) is 0 Å². The number of hydrogen-bond acceptors (Lipinski definition) is 10. The van der Waals surface area contributed by atoms with Crippen molar-refractivity contribution in [1.29, 1.82) is 0 Å². The third-order valence-electron chi connectivity index (χ3n) is 4.60. The van der Waals surface area contributed by atoms with E-state index in [1.807, 2.05) is 30.3 Å². The van der Waals surface area contributed by atoms with Crippen molar-refractivity contribution in [2.75, 3.05) is 12.3 Å². The van der Waals surface area contributed by atoms with Crippen molar-refractivity contribution in [1.82, 2.24) is 14.6 Å². The van der Waals surface area contributed by atoms with E-state index in [1.165, 1.54) is 17.4 Å². The number of benzene rings is 1. The molecule has 11 heteroatoms. The molecule has 11 nitrogen and oxygen atoms in total. The molecule has 0 radical (unpaired) electrons. The number of hydrazine groups is 1. The largest absolute Gasteiger partial charge is 0.397 e. The molecule has 3 rings (SSSR count). The number of ether oxygens (including phenoxy) is 1. The summed E-state index contributed by atoms with van der Waals surface area (Å²) in [6, 6.07) is 9.47. The van der Waals surface area contributed by atoms with Crippen LogP contribution in [0.5, 0.6) is 0 Å². The van der Waals surface area contributed by atoms with Crippen LogP contribution < -0.4 is 23.0 Å². The van der Waals surface area contributed by atoms with E-state index in [0.717, 1.165) is 10.1 Å². The second-order valence-electron chi connectivity index (χ2n) is 6.70. The highest BCUT2D eigenvalue weighted by molar-refractivity contribution is 5.69. The van der Waals surface area contributed by atoms with Crippen molar-refractivity contribution in [3.63, 3.8) is 0 Å². The fourth-order valence-corrected chi connectivity index (χ4v) is 3.08. The molecule has 156 valence electrons. The van der Waals surface area contributed by atoms with E-state index in [0.29, 0.717) is 6.54 Å². The van der Waals surface area contributed by atoms with Crippen molar-refractivity contribution in [2.24, 2.45) is 11.6 Å². The fourth-order valence-electron chi connectivity index (χ4n) is 3.08. The summed E-state index contributed by atoms with van der Waals surface area (Å²) in [5.74, 6) is 5.86. The Hall–Kier alpha value is -2.96. The van der Waals surface area contributed by atoms with Gasteiger partial charge in [0.25, 0.3) is 0 Å². The summed E-state index contributed by atoms with van der Waals surface area (Å²) in [5, 5.41) is 30.7. The second kappa shape index (κ2) is 8.59. The Kier molecular flexibility index (Phi) is 6.15. The molecule has 1 aromatic heterocycles. The van der Waals surface area contributed by atoms with Crippen LogP contribution in [0.15, 0.2) is 47.5 Å². The number of aliphatic hydroxyl groups excluding tert-OH is 3. The molecular weight excluding hydrogens is 380 g/mol. The highest BCUT2D eigenvalue weighted by Gasteiger charge is 2.44. The Morgan fingerprint density at radius 1 is 1.28 bits per heavy atom. The van der Waals surface area contributed by atoms with Crippen molar-refractivity contribution in [3.05, 3.63) is 64.3 Å². The third-order valence-corrected chi connectivity index (χ3v) is 4.60. The molecule has 9 N–H and O–H groups in total. The normalized spacial score (nSPS) is 24.6. The lowest BCUT2D eigenvalue weighted by molar-refractivity contribution is -0.0549. The molecule has 1 saturated heterocycles. The van der Waals surface area contributed by atoms with Gasteiger partial charge in [0, 0.05) is 12.4 Å². The van der Waals surface area contributed by atoms with Crippen LogP contribution in [-0.2, 0) is 11.3 Å². The summed E-state index contributed by atoms with van der Waals surface area (Å²) < 4.78 is 6.34. The third kappa shape index (κ3) is 4.39. The molecular formula is C18H24N6O5. The van der Waals surface area contributed by atoms with Gasteiger partial charge in [-0.3, -0.25) is 4.57 Å². The summed E-state index contributed by atoms with van der Waals surface area (Å²) in [6.07, 6.45) is -2.40. The molecule has 1 aliphatic rings. The van der Waals surface area contributed by atoms with Gasteiger partial charge in [-0.15, -0.1) is 0 Å². The van der Waals surface area contributed by atoms with E-state index in [-0.39, 0.29) is 17.1 Å². The van der Waals surface area contributed by atoms with Crippen molar-refractivity contribution < 1.29 is 20.1 Å². The zero-order valence-corrected chi connectivity index (χ0v) is 15.5. The van der Waals surface area contributed by atoms with E-state index in [1.54, 1.807) is 0 Å². The Morgan fingerprint density at radius 2 is 1.97 bits per heavy atom. The summed E-state index contributed by atoms with van der Waals surface area (Å²) in [6.45, 7) is -0.147. The Balaban J connectivity index is 1.88. The minimum Gasteiger partial charge on any atom is -0.397 e. The van der Waals surface area contributed by atoms with Gasteiger partial charge in [0.05, 0.1) is 24.4 Å². The predicted octanol–water partition coefficient (Wildman–Crippen LogP) is -1.93. The molecule has 1 aromatic carbocycles. The molecule has 2 heterocycles. The number of nitrogens with two attached hydrogens (primary N) is 3. The van der Waals surface area contributed by atoms with Crippen LogP contribution in [-0.4, -0.2) is 54.8 Å². The maximum Gasteiger partial charge on any atom is 0.351 e. The number of aromatic nitrogens is 2. The number of rotatable bonds is 6. The SMILES string of the molecule is N/C(=C\N(N)Cc1ccccc1)c1cn(C2OC(CO)C(O)C2O)c(=O)nc1N. The zero-order valence-electron chi connectivity index (χ0n) is 15.5. The fraction of sp³-hybridized carbons (Fsp3) is 0.333. The molecule has 4 atom stereocenters. The Labute approximate surface area is 166 Å². The molecule has 1 aliphatic heterocycles. The Morgan fingerprint density at radius 3 is 2.59 bits per heavy atom. The predicted molar refractivity (Wildman–Crippen MR) is 104 cm³/mol. The summed E-state index contributed by atoms with van der Waals surface area (Å²) in [5.41, 5.74) is 12.4. The van der Waals surface area contributed by atoms with Gasteiger partial charge in [-0.1, -0.05) is 30.3 Å². The van der Waals surface area contributed by atoms with Gasteiger partial charge in [0.15, 0.2) is 6.23 Å². The van der Waals surface area contributed by atoms with Crippen LogP contribution in [0.3, 0.4) is 0 Å². The van der Waals surface area contributed by atoms with E-state index >= 15 is 0 Å². The second-order valence-corrected chi connectivity index (χ2v) is 6.70. The average Bonchev–Trinajstić information content (AvgIpc) is 2.97. The van der Waals surface area contributed by atoms with E-state index < -0.39 is 36.8 Å². The molecule has 1 fully saturated rings. The van der Waals surface area contributed by atoms with Gasteiger partial charge in [-0.25, -0.2) is 10.6 Å². The molecule has 2 aromatic rings. The van der Waals surface area contributed by atoms with Gasteiger partial charge in [-0.05, 0) is 5.56 Å². The van der Waals surface area contributed by atoms with Crippen molar-refractivity contribution in [3.8, 4) is 0 Å². The first kappa shape index (κ1) is 20.8. The molecule has 0 bridgehead atoms. The topological polar surface area (TPSA) is 186 Å². The standard InChI is InChI=1S/C18H24N6O5/c19-12(8-23(21)6-10-4-2-1-3-5-10)11-7-24(18(28)22-16(11)20)17-15(27)14(26)13(9-25)29-17/h1-5,7-8,13-15,17,25-27H,6,9,19,21H2,(H2,20,22,28)/b12-8-. The van der Waals surface area contributed by atoms with E-state index in [9.17, 15) is 20.1 Å². The van der Waals surface area contributed by atoms with E-state index in [4.69, 9.17) is 22.0 Å². The quantitative estimate of drug-likeness (QED) is 0.234. The van der Waals surface area contributed by atoms with Crippen LogP contribution in [0.4, 0.5) is 5.82 Å². The van der Waals surface area contributed by atoms with E-state index in [2.05, 4.69) is 4.98 Å². The summed E-state index contributed by atoms with van der Waals surface area (Å²) >= 11 is 0. The van der Waals surface area contributed by atoms with Gasteiger partial charge < -0.3 is 36.5 Å². The van der Waals surface area contributed by atoms with Gasteiger partial charge in [-0.2, -0.15) is 4.98 Å². The summed E-state index contributed by atoms with van der Waals surface area (Å²) in [4.78, 5) is 16.0. The number of aliphatic hydroxyl groups is 3. The van der Waals surface area contributed by atoms with Gasteiger partial charge in [0.1, 0.15) is 24.1 Å². The molecule has 0 spiro atoms. The highest BCUT2D eigenvalue weighted by atomic mass is 16.6. The molecule has 0 amide bonds. The number of nitrogen functional groups attached to an aromatic ring is 1. The zero-order chi connectivity index (χ0) is 21.1. The van der Waals surface area contributed by atoms with Crippen LogP contribution >= 0.6 is 0 Å². The maximum absolute atomic E-state index is 12.3. The number of anilines is 1. The minimum atomic E-state index is -1.45. The molecule has 4 unspecified atom stereocenters. The highest BCUT2D eigenvalue weighted by Crippen LogP contribution is 2.29. The molecule has 29 heavy (non-hydrogen) atoms.